The van der Waals surface area contributed by atoms with E-state index in [1.54, 1.807) is 24.3 Å². The molecule has 0 aliphatic heterocycles. The summed E-state index contributed by atoms with van der Waals surface area (Å²) < 4.78 is 5.11. The number of hydrogen-bond acceptors (Lipinski definition) is 4. The Labute approximate surface area is 143 Å². The van der Waals surface area contributed by atoms with Gasteiger partial charge in [-0.15, -0.1) is 0 Å². The van der Waals surface area contributed by atoms with E-state index in [0.29, 0.717) is 27.0 Å². The first-order chi connectivity index (χ1) is 10.9. The molecule has 0 aliphatic carbocycles. The van der Waals surface area contributed by atoms with E-state index in [1.165, 1.54) is 25.1 Å². The van der Waals surface area contributed by atoms with E-state index in [-0.39, 0.29) is 0 Å². The molecule has 23 heavy (non-hydrogen) atoms. The highest BCUT2D eigenvalue weighted by molar-refractivity contribution is 6.42. The van der Waals surface area contributed by atoms with E-state index < -0.39 is 18.0 Å². The molecule has 2 rings (SSSR count). The zero-order valence-electron chi connectivity index (χ0n) is 12.2. The van der Waals surface area contributed by atoms with Gasteiger partial charge in [0.25, 0.3) is 5.91 Å². The van der Waals surface area contributed by atoms with Gasteiger partial charge in [-0.1, -0.05) is 23.2 Å². The summed E-state index contributed by atoms with van der Waals surface area (Å²) in [5.41, 5.74) is 6.85. The van der Waals surface area contributed by atoms with E-state index in [4.69, 9.17) is 33.7 Å². The third kappa shape index (κ3) is 4.61. The molecule has 0 bridgehead atoms. The molecule has 1 atom stereocenters. The lowest BCUT2D eigenvalue weighted by Gasteiger charge is -2.14. The number of esters is 1. The summed E-state index contributed by atoms with van der Waals surface area (Å²) in [6.45, 7) is 1.47. The zero-order valence-corrected chi connectivity index (χ0v) is 13.7. The number of carbonyl (C=O) groups is 2. The van der Waals surface area contributed by atoms with Crippen molar-refractivity contribution in [1.29, 1.82) is 0 Å². The van der Waals surface area contributed by atoms with Gasteiger partial charge in [-0.2, -0.15) is 0 Å². The van der Waals surface area contributed by atoms with Gasteiger partial charge in [0.2, 0.25) is 0 Å². The Balaban J connectivity index is 1.97. The Morgan fingerprint density at radius 2 is 1.74 bits per heavy atom. The van der Waals surface area contributed by atoms with Crippen molar-refractivity contribution < 1.29 is 14.3 Å². The first-order valence-electron chi connectivity index (χ1n) is 6.69. The fraction of sp³-hybridized carbons (Fsp3) is 0.125. The summed E-state index contributed by atoms with van der Waals surface area (Å²) in [5, 5.41) is 3.29. The van der Waals surface area contributed by atoms with Crippen LogP contribution in [0.3, 0.4) is 0 Å². The van der Waals surface area contributed by atoms with Crippen LogP contribution >= 0.6 is 23.2 Å². The SMILES string of the molecule is CC(OC(=O)c1ccc(N)cc1)C(=O)Nc1ccc(Cl)c(Cl)c1. The smallest absolute Gasteiger partial charge is 0.338 e. The van der Waals surface area contributed by atoms with Gasteiger partial charge in [0, 0.05) is 11.4 Å². The minimum atomic E-state index is -0.977. The van der Waals surface area contributed by atoms with Crippen LogP contribution in [0.5, 0.6) is 0 Å². The number of amides is 1. The Kier molecular flexibility index (Phi) is 5.47. The van der Waals surface area contributed by atoms with Crippen molar-refractivity contribution >= 4 is 46.5 Å². The second-order valence-electron chi connectivity index (χ2n) is 4.79. The number of benzene rings is 2. The van der Waals surface area contributed by atoms with Crippen molar-refractivity contribution in [2.45, 2.75) is 13.0 Å². The molecule has 0 saturated heterocycles. The Morgan fingerprint density at radius 3 is 2.35 bits per heavy atom. The highest BCUT2D eigenvalue weighted by Gasteiger charge is 2.19. The number of rotatable bonds is 4. The van der Waals surface area contributed by atoms with Crippen LogP contribution in [0.2, 0.25) is 10.0 Å². The van der Waals surface area contributed by atoms with E-state index in [1.807, 2.05) is 0 Å². The van der Waals surface area contributed by atoms with Gasteiger partial charge in [-0.05, 0) is 49.4 Å². The van der Waals surface area contributed by atoms with Crippen LogP contribution in [0.4, 0.5) is 11.4 Å². The van der Waals surface area contributed by atoms with Gasteiger partial charge in [0.1, 0.15) is 0 Å². The molecule has 1 amide bonds. The molecule has 2 aromatic rings. The number of anilines is 2. The second-order valence-corrected chi connectivity index (χ2v) is 5.60. The molecule has 0 aliphatic rings. The molecule has 7 heteroatoms. The fourth-order valence-corrected chi connectivity index (χ4v) is 2.02. The summed E-state index contributed by atoms with van der Waals surface area (Å²) in [4.78, 5) is 24.0. The lowest BCUT2D eigenvalue weighted by atomic mass is 10.2. The number of ether oxygens (including phenoxy) is 1. The topological polar surface area (TPSA) is 81.4 Å². The molecule has 3 N–H and O–H groups in total. The van der Waals surface area contributed by atoms with Crippen molar-refractivity contribution in [3.63, 3.8) is 0 Å². The number of nitrogens with one attached hydrogen (secondary N) is 1. The van der Waals surface area contributed by atoms with Gasteiger partial charge in [-0.25, -0.2) is 4.79 Å². The molecule has 120 valence electrons. The van der Waals surface area contributed by atoms with Crippen LogP contribution in [0.25, 0.3) is 0 Å². The Morgan fingerprint density at radius 1 is 1.09 bits per heavy atom. The number of carbonyl (C=O) groups excluding carboxylic acids is 2. The summed E-state index contributed by atoms with van der Waals surface area (Å²) in [6, 6.07) is 10.9. The first kappa shape index (κ1) is 17.1. The number of halogens is 2. The Hall–Kier alpha value is -2.24. The van der Waals surface area contributed by atoms with Gasteiger partial charge in [0.15, 0.2) is 6.10 Å². The van der Waals surface area contributed by atoms with Crippen LogP contribution in [-0.4, -0.2) is 18.0 Å². The quantitative estimate of drug-likeness (QED) is 0.648. The van der Waals surface area contributed by atoms with Crippen LogP contribution in [-0.2, 0) is 9.53 Å². The minimum absolute atomic E-state index is 0.313. The molecule has 0 heterocycles. The molecule has 1 unspecified atom stereocenters. The lowest BCUT2D eigenvalue weighted by Crippen LogP contribution is -2.30. The Bertz CT molecular complexity index is 733. The van der Waals surface area contributed by atoms with Crippen LogP contribution in [0.15, 0.2) is 42.5 Å². The number of nitrogens with two attached hydrogens (primary N) is 1. The molecule has 0 radical (unpaired) electrons. The first-order valence-corrected chi connectivity index (χ1v) is 7.45. The van der Waals surface area contributed by atoms with E-state index in [0.717, 1.165) is 0 Å². The fourth-order valence-electron chi connectivity index (χ4n) is 1.72. The largest absolute Gasteiger partial charge is 0.449 e. The number of nitrogen functional groups attached to an aromatic ring is 1. The molecule has 0 fully saturated rings. The highest BCUT2D eigenvalue weighted by Crippen LogP contribution is 2.25. The van der Waals surface area contributed by atoms with Crippen LogP contribution in [0.1, 0.15) is 17.3 Å². The zero-order chi connectivity index (χ0) is 17.0. The van der Waals surface area contributed by atoms with Gasteiger partial charge in [0.05, 0.1) is 15.6 Å². The summed E-state index contributed by atoms with van der Waals surface area (Å²) in [5.74, 6) is -1.09. The molecule has 0 saturated carbocycles. The average Bonchev–Trinajstić information content (AvgIpc) is 2.51. The highest BCUT2D eigenvalue weighted by atomic mass is 35.5. The predicted molar refractivity (Wildman–Crippen MR) is 90.8 cm³/mol. The third-order valence-electron chi connectivity index (χ3n) is 2.99. The van der Waals surface area contributed by atoms with E-state index in [2.05, 4.69) is 5.32 Å². The van der Waals surface area contributed by atoms with Crippen LogP contribution < -0.4 is 11.1 Å². The maximum absolute atomic E-state index is 12.0. The maximum atomic E-state index is 12.0. The summed E-state index contributed by atoms with van der Waals surface area (Å²) >= 11 is 11.7. The molecule has 0 spiro atoms. The van der Waals surface area contributed by atoms with E-state index in [9.17, 15) is 9.59 Å². The number of hydrogen-bond donors (Lipinski definition) is 2. The summed E-state index contributed by atoms with van der Waals surface area (Å²) in [6.07, 6.45) is -0.977. The normalized spacial score (nSPS) is 11.6. The van der Waals surface area contributed by atoms with Crippen molar-refractivity contribution in [3.8, 4) is 0 Å². The van der Waals surface area contributed by atoms with E-state index >= 15 is 0 Å². The predicted octanol–water partition coefficient (Wildman–Crippen LogP) is 3.76. The van der Waals surface area contributed by atoms with Gasteiger partial charge in [-0.3, -0.25) is 4.79 Å². The standard InChI is InChI=1S/C16H14Cl2N2O3/c1-9(23-16(22)10-2-4-11(19)5-3-10)15(21)20-12-6-7-13(17)14(18)8-12/h2-9H,19H2,1H3,(H,20,21). The van der Waals surface area contributed by atoms with Crippen molar-refractivity contribution in [2.24, 2.45) is 0 Å². The van der Waals surface area contributed by atoms with Crippen molar-refractivity contribution in [3.05, 3.63) is 58.1 Å². The molecular formula is C16H14Cl2N2O3. The van der Waals surface area contributed by atoms with Crippen molar-refractivity contribution in [2.75, 3.05) is 11.1 Å². The molecule has 5 nitrogen and oxygen atoms in total. The molecule has 2 aromatic carbocycles. The van der Waals surface area contributed by atoms with Gasteiger partial charge >= 0.3 is 5.97 Å². The molecular weight excluding hydrogens is 339 g/mol. The van der Waals surface area contributed by atoms with Gasteiger partial charge < -0.3 is 15.8 Å². The maximum Gasteiger partial charge on any atom is 0.338 e. The van der Waals surface area contributed by atoms with Crippen LogP contribution in [0, 0.1) is 0 Å². The summed E-state index contributed by atoms with van der Waals surface area (Å²) in [7, 11) is 0. The second kappa shape index (κ2) is 7.35. The average molecular weight is 353 g/mol. The third-order valence-corrected chi connectivity index (χ3v) is 3.73. The van der Waals surface area contributed by atoms with Crippen molar-refractivity contribution in [1.82, 2.24) is 0 Å². The monoisotopic (exact) mass is 352 g/mol. The lowest BCUT2D eigenvalue weighted by molar-refractivity contribution is -0.123. The molecule has 0 aromatic heterocycles. The minimum Gasteiger partial charge on any atom is -0.449 e.